The number of esters is 1. The van der Waals surface area contributed by atoms with Gasteiger partial charge in [-0.25, -0.2) is 24.4 Å². The molecule has 0 aliphatic rings. The molecule has 0 fully saturated rings. The van der Waals surface area contributed by atoms with Crippen LogP contribution in [0, 0.1) is 0 Å². The molecule has 11 heteroatoms. The maximum absolute atomic E-state index is 13.1. The zero-order valence-corrected chi connectivity index (χ0v) is 24.4. The van der Waals surface area contributed by atoms with Gasteiger partial charge >= 0.3 is 18.2 Å². The van der Waals surface area contributed by atoms with Gasteiger partial charge in [0.05, 0.1) is 11.5 Å². The number of hydrogen-bond donors (Lipinski definition) is 0. The molecule has 0 aliphatic carbocycles. The number of carbonyl (C=O) groups is 3. The molecule has 0 unspecified atom stereocenters. The number of hydrogen-bond acceptors (Lipinski definition) is 9. The number of imide groups is 1. The van der Waals surface area contributed by atoms with E-state index < -0.39 is 29.4 Å². The predicted molar refractivity (Wildman–Crippen MR) is 153 cm³/mol. The summed E-state index contributed by atoms with van der Waals surface area (Å²) in [6.07, 6.45) is 3.20. The van der Waals surface area contributed by atoms with Gasteiger partial charge in [-0.05, 0) is 60.1 Å². The third kappa shape index (κ3) is 6.66. The van der Waals surface area contributed by atoms with E-state index in [1.165, 1.54) is 0 Å². The van der Waals surface area contributed by atoms with E-state index in [-0.39, 0.29) is 17.4 Å². The molecule has 0 spiro atoms. The van der Waals surface area contributed by atoms with E-state index >= 15 is 0 Å². The first-order chi connectivity index (χ1) is 18.8. The summed E-state index contributed by atoms with van der Waals surface area (Å²) in [5.41, 5.74) is 1.48. The molecule has 0 atom stereocenters. The highest BCUT2D eigenvalue weighted by atomic mass is 32.1. The van der Waals surface area contributed by atoms with Crippen LogP contribution >= 0.6 is 11.3 Å². The van der Waals surface area contributed by atoms with Gasteiger partial charge in [-0.1, -0.05) is 41.7 Å². The highest BCUT2D eigenvalue weighted by molar-refractivity contribution is 7.19. The molecule has 0 radical (unpaired) electrons. The van der Waals surface area contributed by atoms with Crippen LogP contribution in [0.25, 0.3) is 27.2 Å². The van der Waals surface area contributed by atoms with Crippen LogP contribution in [-0.2, 0) is 14.2 Å². The predicted octanol–water partition coefficient (Wildman–Crippen LogP) is 6.98. The average Bonchev–Trinajstić information content (AvgIpc) is 3.49. The van der Waals surface area contributed by atoms with Gasteiger partial charge in [0, 0.05) is 29.7 Å². The lowest BCUT2D eigenvalue weighted by Crippen LogP contribution is -2.43. The zero-order valence-electron chi connectivity index (χ0n) is 23.5. The van der Waals surface area contributed by atoms with E-state index in [2.05, 4.69) is 9.97 Å². The number of benzene rings is 1. The summed E-state index contributed by atoms with van der Waals surface area (Å²) in [7, 11) is 0. The number of pyridine rings is 1. The lowest BCUT2D eigenvalue weighted by atomic mass is 10.0. The number of fused-ring (bicyclic) bond motifs is 1. The van der Waals surface area contributed by atoms with Crippen molar-refractivity contribution in [2.24, 2.45) is 0 Å². The lowest BCUT2D eigenvalue weighted by Gasteiger charge is -2.27. The highest BCUT2D eigenvalue weighted by Crippen LogP contribution is 2.36. The number of aromatic nitrogens is 3. The van der Waals surface area contributed by atoms with Crippen molar-refractivity contribution < 1.29 is 28.6 Å². The molecule has 210 valence electrons. The van der Waals surface area contributed by atoms with Gasteiger partial charge in [0.25, 0.3) is 0 Å². The van der Waals surface area contributed by atoms with E-state index in [0.717, 1.165) is 32.9 Å². The second-order valence-corrected chi connectivity index (χ2v) is 11.9. The number of imidazole rings is 1. The smallest absolute Gasteiger partial charge is 0.426 e. The Kier molecular flexibility index (Phi) is 7.97. The number of carbonyl (C=O) groups excluding carboxylic acids is 3. The van der Waals surface area contributed by atoms with Gasteiger partial charge in [-0.3, -0.25) is 0 Å². The minimum Gasteiger partial charge on any atom is -0.461 e. The van der Waals surface area contributed by atoms with Crippen LogP contribution in [-0.4, -0.2) is 50.3 Å². The molecule has 2 amide bonds. The molecule has 10 nitrogen and oxygen atoms in total. The Morgan fingerprint density at radius 1 is 0.925 bits per heavy atom. The third-order valence-corrected chi connectivity index (χ3v) is 6.27. The molecular formula is C29H32N4O6S. The molecule has 4 aromatic rings. The molecular weight excluding hydrogens is 532 g/mol. The molecule has 3 heterocycles. The summed E-state index contributed by atoms with van der Waals surface area (Å²) in [5, 5.41) is 0.0951. The Balaban J connectivity index is 1.81. The molecule has 1 aromatic carbocycles. The fraction of sp³-hybridized carbons (Fsp3) is 0.345. The van der Waals surface area contributed by atoms with Gasteiger partial charge in [0.15, 0.2) is 5.69 Å². The fourth-order valence-electron chi connectivity index (χ4n) is 3.71. The number of thiazole rings is 1. The molecule has 4 rings (SSSR count). The number of anilines is 1. The molecule has 0 bridgehead atoms. The Bertz CT molecular complexity index is 1520. The van der Waals surface area contributed by atoms with Crippen LogP contribution in [0.1, 0.15) is 59.0 Å². The minimum absolute atomic E-state index is 0.0951. The summed E-state index contributed by atoms with van der Waals surface area (Å²) < 4.78 is 17.9. The van der Waals surface area contributed by atoms with Gasteiger partial charge < -0.3 is 18.6 Å². The van der Waals surface area contributed by atoms with Crippen molar-refractivity contribution in [2.45, 2.75) is 59.7 Å². The third-order valence-electron chi connectivity index (χ3n) is 5.24. The first kappa shape index (κ1) is 28.8. The molecule has 0 N–H and O–H groups in total. The molecule has 0 saturated heterocycles. The summed E-state index contributed by atoms with van der Waals surface area (Å²) in [4.78, 5) is 49.0. The Morgan fingerprint density at radius 2 is 1.55 bits per heavy atom. The van der Waals surface area contributed by atoms with E-state index in [9.17, 15) is 14.4 Å². The van der Waals surface area contributed by atoms with Crippen molar-refractivity contribution >= 4 is 40.3 Å². The SMILES string of the molecule is CCOC(=O)c1cn2cc(-c3cnc(N(C(=O)OC(C)(C)C)C(=O)OC(C)(C)C)s3)cc(-c3ccccc3)c2n1. The topological polar surface area (TPSA) is 112 Å². The van der Waals surface area contributed by atoms with Crippen molar-refractivity contribution in [2.75, 3.05) is 11.5 Å². The van der Waals surface area contributed by atoms with Crippen molar-refractivity contribution in [1.29, 1.82) is 0 Å². The van der Waals surface area contributed by atoms with E-state index in [4.69, 9.17) is 14.2 Å². The van der Waals surface area contributed by atoms with Crippen LogP contribution < -0.4 is 4.90 Å². The first-order valence-electron chi connectivity index (χ1n) is 12.7. The minimum atomic E-state index is -0.892. The highest BCUT2D eigenvalue weighted by Gasteiger charge is 2.34. The molecule has 3 aromatic heterocycles. The number of ether oxygens (including phenoxy) is 3. The summed E-state index contributed by atoms with van der Waals surface area (Å²) in [6, 6.07) is 11.6. The van der Waals surface area contributed by atoms with E-state index in [0.29, 0.717) is 10.5 Å². The van der Waals surface area contributed by atoms with E-state index in [1.807, 2.05) is 36.4 Å². The summed E-state index contributed by atoms with van der Waals surface area (Å²) in [5.74, 6) is -0.516. The second-order valence-electron chi connectivity index (χ2n) is 10.9. The van der Waals surface area contributed by atoms with Gasteiger partial charge in [-0.15, -0.1) is 0 Å². The molecule has 0 saturated carbocycles. The number of rotatable bonds is 5. The normalized spacial score (nSPS) is 11.8. The average molecular weight is 565 g/mol. The quantitative estimate of drug-likeness (QED) is 0.189. The first-order valence-corrected chi connectivity index (χ1v) is 13.5. The van der Waals surface area contributed by atoms with Crippen LogP contribution in [0.4, 0.5) is 14.7 Å². The van der Waals surface area contributed by atoms with E-state index in [1.54, 1.807) is 71.5 Å². The van der Waals surface area contributed by atoms with Crippen LogP contribution in [0.2, 0.25) is 0 Å². The van der Waals surface area contributed by atoms with Crippen LogP contribution in [0.3, 0.4) is 0 Å². The van der Waals surface area contributed by atoms with Crippen molar-refractivity contribution in [3.8, 4) is 21.6 Å². The van der Waals surface area contributed by atoms with Crippen LogP contribution in [0.15, 0.2) is 55.0 Å². The Hall–Kier alpha value is -4.25. The fourth-order valence-corrected chi connectivity index (χ4v) is 4.59. The summed E-state index contributed by atoms with van der Waals surface area (Å²) in [6.45, 7) is 12.2. The zero-order chi connectivity index (χ0) is 29.2. The Morgan fingerprint density at radius 3 is 2.12 bits per heavy atom. The largest absolute Gasteiger partial charge is 0.461 e. The van der Waals surface area contributed by atoms with Gasteiger partial charge in [-0.2, -0.15) is 4.90 Å². The van der Waals surface area contributed by atoms with Crippen molar-refractivity contribution in [3.05, 3.63) is 60.7 Å². The monoisotopic (exact) mass is 564 g/mol. The Labute approximate surface area is 236 Å². The summed E-state index contributed by atoms with van der Waals surface area (Å²) >= 11 is 1.12. The van der Waals surface area contributed by atoms with Crippen LogP contribution in [0.5, 0.6) is 0 Å². The van der Waals surface area contributed by atoms with Crippen molar-refractivity contribution in [3.63, 3.8) is 0 Å². The number of amides is 2. The maximum atomic E-state index is 13.1. The number of nitrogens with zero attached hydrogens (tertiary/aromatic N) is 4. The van der Waals surface area contributed by atoms with Gasteiger partial charge in [0.1, 0.15) is 16.8 Å². The lowest BCUT2D eigenvalue weighted by molar-refractivity contribution is 0.0428. The van der Waals surface area contributed by atoms with Gasteiger partial charge in [0.2, 0.25) is 5.13 Å². The second kappa shape index (κ2) is 11.1. The standard InChI is InChI=1S/C29H32N4O6S/c1-8-37-24(34)21-17-32-16-19(14-20(23(32)31-21)18-12-10-9-11-13-18)22-15-30-25(40-22)33(26(35)38-28(2,3)4)27(36)39-29(5,6)7/h9-17H,8H2,1-7H3. The van der Waals surface area contributed by atoms with Crippen molar-refractivity contribution in [1.82, 2.24) is 14.4 Å². The molecule has 40 heavy (non-hydrogen) atoms. The maximum Gasteiger partial charge on any atom is 0.426 e. The molecule has 0 aliphatic heterocycles.